The molecule has 11 heteroatoms. The van der Waals surface area contributed by atoms with Crippen LogP contribution in [0.3, 0.4) is 0 Å². The van der Waals surface area contributed by atoms with Crippen molar-refractivity contribution in [3.8, 4) is 0 Å². The lowest BCUT2D eigenvalue weighted by molar-refractivity contribution is -0.137. The van der Waals surface area contributed by atoms with Gasteiger partial charge in [-0.05, 0) is 46.7 Å². The van der Waals surface area contributed by atoms with Crippen LogP contribution in [0, 0.1) is 5.41 Å². The molecule has 216 valence electrons. The van der Waals surface area contributed by atoms with Crippen LogP contribution in [0.15, 0.2) is 60.2 Å². The number of pyridine rings is 1. The van der Waals surface area contributed by atoms with Gasteiger partial charge in [0.1, 0.15) is 0 Å². The lowest BCUT2D eigenvalue weighted by atomic mass is 9.91. The first-order valence-corrected chi connectivity index (χ1v) is 14.3. The van der Waals surface area contributed by atoms with Gasteiger partial charge in [-0.3, -0.25) is 24.2 Å². The van der Waals surface area contributed by atoms with Crippen molar-refractivity contribution in [1.29, 1.82) is 0 Å². The highest BCUT2D eigenvalue weighted by Gasteiger charge is 2.27. The van der Waals surface area contributed by atoms with Gasteiger partial charge in [0.15, 0.2) is 0 Å². The zero-order valence-corrected chi connectivity index (χ0v) is 24.2. The molecule has 0 radical (unpaired) electrons. The normalized spacial score (nSPS) is 14.3. The average Bonchev–Trinajstić information content (AvgIpc) is 3.47. The summed E-state index contributed by atoms with van der Waals surface area (Å²) < 4.78 is 0. The number of carboxylic acid groups (broad SMARTS) is 1. The number of rotatable bonds is 9. The molecule has 0 aliphatic carbocycles. The molecule has 3 amide bonds. The Kier molecular flexibility index (Phi) is 9.38. The standard InChI is InChI=1S/C30H35N5O5S/c1-30(2,3)18-26(36)35-13-11-34(12-14-35)24-9-8-20(16-23(24)33-29(40)25-7-5-15-41-25)28(39)32-22(17-27(37)38)21-6-4-10-31-19-21/h4-10,15-16,19,22H,11-14,17-18H2,1-3H3,(H,32,39)(H,33,40)(H,37,38). The van der Waals surface area contributed by atoms with Crippen LogP contribution in [-0.2, 0) is 9.59 Å². The van der Waals surface area contributed by atoms with Crippen molar-refractivity contribution in [2.75, 3.05) is 36.4 Å². The van der Waals surface area contributed by atoms with E-state index in [-0.39, 0.29) is 29.2 Å². The molecular weight excluding hydrogens is 542 g/mol. The minimum atomic E-state index is -1.06. The Morgan fingerprint density at radius 3 is 2.39 bits per heavy atom. The van der Waals surface area contributed by atoms with E-state index in [2.05, 4.69) is 20.5 Å². The fourth-order valence-electron chi connectivity index (χ4n) is 4.66. The maximum absolute atomic E-state index is 13.3. The summed E-state index contributed by atoms with van der Waals surface area (Å²) in [6.07, 6.45) is 3.26. The second kappa shape index (κ2) is 12.9. The van der Waals surface area contributed by atoms with Crippen LogP contribution in [0.2, 0.25) is 0 Å². The molecule has 1 aliphatic rings. The van der Waals surface area contributed by atoms with Crippen LogP contribution in [0.25, 0.3) is 0 Å². The van der Waals surface area contributed by atoms with E-state index in [0.29, 0.717) is 48.7 Å². The first-order valence-electron chi connectivity index (χ1n) is 13.4. The molecule has 1 fully saturated rings. The summed E-state index contributed by atoms with van der Waals surface area (Å²) in [4.78, 5) is 59.1. The molecular formula is C30H35N5O5S. The Morgan fingerprint density at radius 2 is 1.78 bits per heavy atom. The van der Waals surface area contributed by atoms with Gasteiger partial charge in [-0.1, -0.05) is 32.9 Å². The van der Waals surface area contributed by atoms with Crippen LogP contribution < -0.4 is 15.5 Å². The Hall–Kier alpha value is -4.25. The second-order valence-corrected chi connectivity index (χ2v) is 12.1. The van der Waals surface area contributed by atoms with Gasteiger partial charge in [0.2, 0.25) is 5.91 Å². The van der Waals surface area contributed by atoms with Crippen molar-refractivity contribution >= 4 is 46.4 Å². The number of carbonyl (C=O) groups excluding carboxylic acids is 3. The number of anilines is 2. The lowest BCUT2D eigenvalue weighted by Crippen LogP contribution is -2.49. The van der Waals surface area contributed by atoms with Crippen molar-refractivity contribution in [3.05, 3.63) is 76.2 Å². The molecule has 0 spiro atoms. The molecule has 10 nitrogen and oxygen atoms in total. The number of carboxylic acids is 1. The molecule has 3 heterocycles. The maximum atomic E-state index is 13.3. The number of carbonyl (C=O) groups is 4. The average molecular weight is 578 g/mol. The minimum Gasteiger partial charge on any atom is -0.481 e. The smallest absolute Gasteiger partial charge is 0.305 e. The number of hydrogen-bond donors (Lipinski definition) is 3. The number of hydrogen-bond acceptors (Lipinski definition) is 7. The largest absolute Gasteiger partial charge is 0.481 e. The van der Waals surface area contributed by atoms with E-state index < -0.39 is 17.9 Å². The lowest BCUT2D eigenvalue weighted by Gasteiger charge is -2.38. The van der Waals surface area contributed by atoms with E-state index in [0.717, 1.165) is 5.69 Å². The zero-order valence-electron chi connectivity index (χ0n) is 23.4. The molecule has 0 saturated carbocycles. The van der Waals surface area contributed by atoms with Gasteiger partial charge in [0.05, 0.1) is 28.7 Å². The molecule has 3 N–H and O–H groups in total. The van der Waals surface area contributed by atoms with Crippen LogP contribution in [0.4, 0.5) is 11.4 Å². The SMILES string of the molecule is CC(C)(C)CC(=O)N1CCN(c2ccc(C(=O)NC(CC(=O)O)c3cccnc3)cc2NC(=O)c2cccs2)CC1. The van der Waals surface area contributed by atoms with E-state index >= 15 is 0 Å². The van der Waals surface area contributed by atoms with Gasteiger partial charge in [-0.2, -0.15) is 0 Å². The molecule has 4 rings (SSSR count). The highest BCUT2D eigenvalue weighted by Crippen LogP contribution is 2.30. The number of nitrogens with zero attached hydrogens (tertiary/aromatic N) is 3. The summed E-state index contributed by atoms with van der Waals surface area (Å²) >= 11 is 1.31. The van der Waals surface area contributed by atoms with E-state index in [1.54, 1.807) is 48.7 Å². The molecule has 2 aromatic heterocycles. The number of amides is 3. The fourth-order valence-corrected chi connectivity index (χ4v) is 5.28. The summed E-state index contributed by atoms with van der Waals surface area (Å²) in [5.74, 6) is -1.70. The van der Waals surface area contributed by atoms with Crippen molar-refractivity contribution in [2.24, 2.45) is 5.41 Å². The summed E-state index contributed by atoms with van der Waals surface area (Å²) in [7, 11) is 0. The van der Waals surface area contributed by atoms with Gasteiger partial charge >= 0.3 is 5.97 Å². The third-order valence-electron chi connectivity index (χ3n) is 6.68. The Morgan fingerprint density at radius 1 is 1.02 bits per heavy atom. The number of benzene rings is 1. The van der Waals surface area contributed by atoms with E-state index in [4.69, 9.17) is 0 Å². The number of thiophene rings is 1. The van der Waals surface area contributed by atoms with Gasteiger partial charge in [0.25, 0.3) is 11.8 Å². The topological polar surface area (TPSA) is 132 Å². The third kappa shape index (κ3) is 8.14. The summed E-state index contributed by atoms with van der Waals surface area (Å²) in [6.45, 7) is 8.39. The minimum absolute atomic E-state index is 0.0929. The summed E-state index contributed by atoms with van der Waals surface area (Å²) in [5.41, 5.74) is 1.95. The quantitative estimate of drug-likeness (QED) is 0.343. The van der Waals surface area contributed by atoms with E-state index in [1.807, 2.05) is 31.1 Å². The predicted molar refractivity (Wildman–Crippen MR) is 158 cm³/mol. The number of aliphatic carboxylic acids is 1. The van der Waals surface area contributed by atoms with Crippen LogP contribution in [-0.4, -0.2) is 64.9 Å². The predicted octanol–water partition coefficient (Wildman–Crippen LogP) is 4.43. The van der Waals surface area contributed by atoms with Crippen molar-refractivity contribution in [1.82, 2.24) is 15.2 Å². The highest BCUT2D eigenvalue weighted by molar-refractivity contribution is 7.12. The fraction of sp³-hybridized carbons (Fsp3) is 0.367. The Labute approximate surface area is 243 Å². The first-order chi connectivity index (χ1) is 19.5. The summed E-state index contributed by atoms with van der Waals surface area (Å²) in [6, 6.07) is 11.2. The third-order valence-corrected chi connectivity index (χ3v) is 7.55. The number of nitrogens with one attached hydrogen (secondary N) is 2. The van der Waals surface area contributed by atoms with Gasteiger partial charge in [-0.15, -0.1) is 11.3 Å². The van der Waals surface area contributed by atoms with Crippen LogP contribution >= 0.6 is 11.3 Å². The van der Waals surface area contributed by atoms with Crippen LogP contribution in [0.5, 0.6) is 0 Å². The highest BCUT2D eigenvalue weighted by atomic mass is 32.1. The molecule has 0 bridgehead atoms. The number of aromatic nitrogens is 1. The van der Waals surface area contributed by atoms with Crippen molar-refractivity contribution in [3.63, 3.8) is 0 Å². The molecule has 1 aliphatic heterocycles. The maximum Gasteiger partial charge on any atom is 0.305 e. The van der Waals surface area contributed by atoms with E-state index in [9.17, 15) is 24.3 Å². The number of piperazine rings is 1. The molecule has 1 unspecified atom stereocenters. The summed E-state index contributed by atoms with van der Waals surface area (Å²) in [5, 5.41) is 17.0. The van der Waals surface area contributed by atoms with Crippen LogP contribution in [0.1, 0.15) is 65.2 Å². The molecule has 41 heavy (non-hydrogen) atoms. The van der Waals surface area contributed by atoms with E-state index in [1.165, 1.54) is 17.5 Å². The first kappa shape index (κ1) is 29.7. The Bertz CT molecular complexity index is 1380. The molecule has 3 aromatic rings. The zero-order chi connectivity index (χ0) is 29.6. The van der Waals surface area contributed by atoms with Gasteiger partial charge in [-0.25, -0.2) is 0 Å². The molecule has 1 aromatic carbocycles. The monoisotopic (exact) mass is 577 g/mol. The van der Waals surface area contributed by atoms with Crippen molar-refractivity contribution in [2.45, 2.75) is 39.7 Å². The molecule has 1 saturated heterocycles. The van der Waals surface area contributed by atoms with Gasteiger partial charge in [0, 0.05) is 50.6 Å². The second-order valence-electron chi connectivity index (χ2n) is 11.2. The van der Waals surface area contributed by atoms with Gasteiger partial charge < -0.3 is 25.5 Å². The van der Waals surface area contributed by atoms with Crippen molar-refractivity contribution < 1.29 is 24.3 Å². The molecule has 1 atom stereocenters. The Balaban J connectivity index is 1.56.